The van der Waals surface area contributed by atoms with Gasteiger partial charge in [-0.05, 0) is 35.9 Å². The van der Waals surface area contributed by atoms with Crippen molar-refractivity contribution in [1.29, 1.82) is 0 Å². The van der Waals surface area contributed by atoms with E-state index in [4.69, 9.17) is 0 Å². The van der Waals surface area contributed by atoms with Gasteiger partial charge in [0.25, 0.3) is 0 Å². The fourth-order valence-electron chi connectivity index (χ4n) is 2.38. The molecule has 0 aliphatic rings. The Morgan fingerprint density at radius 1 is 1.14 bits per heavy atom. The number of carbonyl (C=O) groups is 1. The van der Waals surface area contributed by atoms with Crippen molar-refractivity contribution in [3.8, 4) is 5.75 Å². The summed E-state index contributed by atoms with van der Waals surface area (Å²) in [7, 11) is 1.74. The van der Waals surface area contributed by atoms with Crippen molar-refractivity contribution in [2.45, 2.75) is 6.42 Å². The maximum atomic E-state index is 12.4. The van der Waals surface area contributed by atoms with Gasteiger partial charge in [0.1, 0.15) is 5.75 Å². The first kappa shape index (κ1) is 13.2. The van der Waals surface area contributed by atoms with Crippen LogP contribution < -0.4 is 4.90 Å². The van der Waals surface area contributed by atoms with Crippen LogP contribution in [0.2, 0.25) is 0 Å². The number of phenols is 1. The highest BCUT2D eigenvalue weighted by atomic mass is 16.3. The van der Waals surface area contributed by atoms with Gasteiger partial charge in [0.05, 0.1) is 6.42 Å². The van der Waals surface area contributed by atoms with Crippen LogP contribution in [0.15, 0.2) is 54.7 Å². The fraction of sp³-hybridized carbons (Fsp3) is 0.118. The zero-order chi connectivity index (χ0) is 14.8. The molecule has 0 aliphatic heterocycles. The molecule has 106 valence electrons. The summed E-state index contributed by atoms with van der Waals surface area (Å²) in [5, 5.41) is 10.4. The molecule has 21 heavy (non-hydrogen) atoms. The number of rotatable bonds is 3. The van der Waals surface area contributed by atoms with Crippen LogP contribution in [0, 0.1) is 0 Å². The van der Waals surface area contributed by atoms with Crippen LogP contribution in [-0.4, -0.2) is 23.0 Å². The number of hydrogen-bond acceptors (Lipinski definition) is 2. The second kappa shape index (κ2) is 5.32. The van der Waals surface area contributed by atoms with E-state index in [0.717, 1.165) is 22.2 Å². The number of carbonyl (C=O) groups excluding carboxylic acids is 1. The first-order valence-corrected chi connectivity index (χ1v) is 6.76. The minimum absolute atomic E-state index is 0.00504. The average molecular weight is 280 g/mol. The number of anilines is 1. The number of aromatic nitrogens is 1. The van der Waals surface area contributed by atoms with Gasteiger partial charge in [-0.3, -0.25) is 4.79 Å². The zero-order valence-corrected chi connectivity index (χ0v) is 11.7. The van der Waals surface area contributed by atoms with Gasteiger partial charge in [-0.25, -0.2) is 0 Å². The van der Waals surface area contributed by atoms with E-state index in [2.05, 4.69) is 4.98 Å². The van der Waals surface area contributed by atoms with Crippen LogP contribution in [0.3, 0.4) is 0 Å². The topological polar surface area (TPSA) is 56.3 Å². The van der Waals surface area contributed by atoms with Crippen LogP contribution in [-0.2, 0) is 11.2 Å². The van der Waals surface area contributed by atoms with Crippen molar-refractivity contribution in [3.63, 3.8) is 0 Å². The number of nitrogens with zero attached hydrogens (tertiary/aromatic N) is 1. The summed E-state index contributed by atoms with van der Waals surface area (Å²) >= 11 is 0. The quantitative estimate of drug-likeness (QED) is 0.774. The molecule has 1 heterocycles. The summed E-state index contributed by atoms with van der Waals surface area (Å²) in [5.74, 6) is 0.196. The number of para-hydroxylation sites is 1. The zero-order valence-electron chi connectivity index (χ0n) is 11.7. The fourth-order valence-corrected chi connectivity index (χ4v) is 2.38. The second-order valence-electron chi connectivity index (χ2n) is 5.01. The molecule has 3 aromatic rings. The Labute approximate surface area is 122 Å². The predicted octanol–water partition coefficient (Wildman–Crippen LogP) is 3.08. The maximum Gasteiger partial charge on any atom is 0.231 e. The molecule has 2 N–H and O–H groups in total. The molecular formula is C17H16N2O2. The summed E-state index contributed by atoms with van der Waals surface area (Å²) in [4.78, 5) is 17.2. The number of amides is 1. The van der Waals surface area contributed by atoms with Gasteiger partial charge in [0, 0.05) is 29.8 Å². The van der Waals surface area contributed by atoms with Crippen molar-refractivity contribution in [1.82, 2.24) is 4.98 Å². The van der Waals surface area contributed by atoms with Crippen molar-refractivity contribution in [2.75, 3.05) is 11.9 Å². The third-order valence-electron chi connectivity index (χ3n) is 3.63. The first-order valence-electron chi connectivity index (χ1n) is 6.76. The first-order chi connectivity index (χ1) is 10.1. The summed E-state index contributed by atoms with van der Waals surface area (Å²) in [5.41, 5.74) is 2.78. The van der Waals surface area contributed by atoms with E-state index in [-0.39, 0.29) is 11.7 Å². The number of aromatic amines is 1. The van der Waals surface area contributed by atoms with Gasteiger partial charge < -0.3 is 15.0 Å². The van der Waals surface area contributed by atoms with Crippen molar-refractivity contribution >= 4 is 22.5 Å². The minimum Gasteiger partial charge on any atom is -0.508 e. The van der Waals surface area contributed by atoms with Crippen LogP contribution in [0.25, 0.3) is 10.9 Å². The molecule has 1 amide bonds. The van der Waals surface area contributed by atoms with Crippen LogP contribution in [0.5, 0.6) is 5.75 Å². The number of fused-ring (bicyclic) bond motifs is 1. The molecule has 0 saturated carbocycles. The number of aromatic hydroxyl groups is 1. The number of nitrogens with one attached hydrogen (secondary N) is 1. The van der Waals surface area contributed by atoms with Gasteiger partial charge >= 0.3 is 0 Å². The summed E-state index contributed by atoms with van der Waals surface area (Å²) in [6.07, 6.45) is 2.22. The summed E-state index contributed by atoms with van der Waals surface area (Å²) < 4.78 is 0. The van der Waals surface area contributed by atoms with Crippen molar-refractivity contribution in [3.05, 3.63) is 60.3 Å². The highest BCUT2D eigenvalue weighted by molar-refractivity contribution is 5.97. The van der Waals surface area contributed by atoms with E-state index >= 15 is 0 Å². The van der Waals surface area contributed by atoms with E-state index in [1.807, 2.05) is 30.5 Å². The second-order valence-corrected chi connectivity index (χ2v) is 5.01. The predicted molar refractivity (Wildman–Crippen MR) is 83.5 cm³/mol. The van der Waals surface area contributed by atoms with E-state index < -0.39 is 0 Å². The van der Waals surface area contributed by atoms with Crippen LogP contribution >= 0.6 is 0 Å². The van der Waals surface area contributed by atoms with Crippen LogP contribution in [0.1, 0.15) is 5.56 Å². The lowest BCUT2D eigenvalue weighted by atomic mass is 10.1. The largest absolute Gasteiger partial charge is 0.508 e. The standard InChI is InChI=1S/C17H16N2O2/c1-19(13-6-8-14(20)9-7-13)17(21)10-12-11-18-16-5-3-2-4-15(12)16/h2-9,11,18,20H,10H2,1H3. The molecule has 0 atom stereocenters. The van der Waals surface area contributed by atoms with E-state index in [9.17, 15) is 9.90 Å². The smallest absolute Gasteiger partial charge is 0.231 e. The normalized spacial score (nSPS) is 10.7. The minimum atomic E-state index is 0.00504. The van der Waals surface area contributed by atoms with Crippen molar-refractivity contribution < 1.29 is 9.90 Å². The Morgan fingerprint density at radius 3 is 2.62 bits per heavy atom. The van der Waals surface area contributed by atoms with Gasteiger partial charge in [-0.1, -0.05) is 18.2 Å². The molecule has 0 bridgehead atoms. The molecule has 4 heteroatoms. The van der Waals surface area contributed by atoms with Gasteiger partial charge in [0.2, 0.25) is 5.91 Å². The Morgan fingerprint density at radius 2 is 1.86 bits per heavy atom. The molecule has 3 rings (SSSR count). The van der Waals surface area contributed by atoms with Crippen LogP contribution in [0.4, 0.5) is 5.69 Å². The monoisotopic (exact) mass is 280 g/mol. The Hall–Kier alpha value is -2.75. The highest BCUT2D eigenvalue weighted by Crippen LogP contribution is 2.21. The average Bonchev–Trinajstić information content (AvgIpc) is 2.91. The number of hydrogen-bond donors (Lipinski definition) is 2. The number of likely N-dealkylation sites (N-methyl/N-ethyl adjacent to an activating group) is 1. The lowest BCUT2D eigenvalue weighted by Crippen LogP contribution is -2.27. The van der Waals surface area contributed by atoms with E-state index in [1.54, 1.807) is 36.2 Å². The summed E-state index contributed by atoms with van der Waals surface area (Å²) in [6, 6.07) is 14.5. The lowest BCUT2D eigenvalue weighted by molar-refractivity contribution is -0.117. The maximum absolute atomic E-state index is 12.4. The molecule has 4 nitrogen and oxygen atoms in total. The third-order valence-corrected chi connectivity index (χ3v) is 3.63. The molecule has 0 unspecified atom stereocenters. The molecule has 0 aliphatic carbocycles. The molecular weight excluding hydrogens is 264 g/mol. The SMILES string of the molecule is CN(C(=O)Cc1c[nH]c2ccccc12)c1ccc(O)cc1. The number of H-pyrrole nitrogens is 1. The molecule has 0 radical (unpaired) electrons. The molecule has 1 aromatic heterocycles. The Bertz CT molecular complexity index is 775. The van der Waals surface area contributed by atoms with Gasteiger partial charge in [0.15, 0.2) is 0 Å². The Kier molecular flexibility index (Phi) is 3.36. The van der Waals surface area contributed by atoms with Crippen molar-refractivity contribution in [2.24, 2.45) is 0 Å². The van der Waals surface area contributed by atoms with Gasteiger partial charge in [-0.15, -0.1) is 0 Å². The van der Waals surface area contributed by atoms with Gasteiger partial charge in [-0.2, -0.15) is 0 Å². The molecule has 0 saturated heterocycles. The number of phenolic OH excluding ortho intramolecular Hbond substituents is 1. The Balaban J connectivity index is 1.81. The molecule has 2 aromatic carbocycles. The molecule has 0 spiro atoms. The lowest BCUT2D eigenvalue weighted by Gasteiger charge is -2.17. The van der Waals surface area contributed by atoms with E-state index in [1.165, 1.54) is 0 Å². The molecule has 0 fully saturated rings. The summed E-state index contributed by atoms with van der Waals surface area (Å²) in [6.45, 7) is 0. The highest BCUT2D eigenvalue weighted by Gasteiger charge is 2.14. The third kappa shape index (κ3) is 2.60. The van der Waals surface area contributed by atoms with E-state index in [0.29, 0.717) is 6.42 Å². The number of benzene rings is 2.